The molecule has 13 heteroatoms. The second-order valence-electron chi connectivity index (χ2n) is 18.3. The number of hydrogen-bond donors (Lipinski definition) is 0. The summed E-state index contributed by atoms with van der Waals surface area (Å²) in [6, 6.07) is 0.304. The Morgan fingerprint density at radius 1 is 0.983 bits per heavy atom. The molecule has 0 spiro atoms. The van der Waals surface area contributed by atoms with Crippen molar-refractivity contribution >= 4 is 23.1 Å². The highest BCUT2D eigenvalue weighted by Crippen LogP contribution is 2.62. The van der Waals surface area contributed by atoms with E-state index in [0.29, 0.717) is 19.1 Å². The number of carbonyl (C=O) groups excluding carboxylic acids is 2. The first-order valence-corrected chi connectivity index (χ1v) is 22.9. The van der Waals surface area contributed by atoms with Crippen LogP contribution in [0.1, 0.15) is 127 Å². The Hall–Kier alpha value is -1.81. The van der Waals surface area contributed by atoms with Crippen LogP contribution in [0.3, 0.4) is 0 Å². The van der Waals surface area contributed by atoms with E-state index in [4.69, 9.17) is 42.9 Å². The topological polar surface area (TPSA) is 124 Å². The van der Waals surface area contributed by atoms with E-state index in [1.165, 1.54) is 4.88 Å². The number of ketones is 1. The van der Waals surface area contributed by atoms with Crippen molar-refractivity contribution < 1.29 is 47.5 Å². The molecule has 3 saturated heterocycles. The van der Waals surface area contributed by atoms with Gasteiger partial charge in [0.15, 0.2) is 17.9 Å². The number of aromatic nitrogens is 1. The largest absolute Gasteiger partial charge is 0.462 e. The summed E-state index contributed by atoms with van der Waals surface area (Å²) in [7, 11) is 7.53. The lowest BCUT2D eigenvalue weighted by Crippen LogP contribution is -2.60. The first kappa shape index (κ1) is 44.3. The molecule has 0 amide bonds. The molecule has 58 heavy (non-hydrogen) atoms. The minimum absolute atomic E-state index is 0.00954. The van der Waals surface area contributed by atoms with Gasteiger partial charge in [-0.1, -0.05) is 19.9 Å². The molecule has 0 N–H and O–H groups in total. The van der Waals surface area contributed by atoms with Crippen molar-refractivity contribution in [1.82, 2.24) is 9.88 Å². The molecule has 3 aliphatic heterocycles. The summed E-state index contributed by atoms with van der Waals surface area (Å²) in [6.07, 6.45) is 5.96. The predicted octanol–water partition coefficient (Wildman–Crippen LogP) is 7.11. The Kier molecular flexibility index (Phi) is 13.9. The minimum Gasteiger partial charge on any atom is -0.462 e. The van der Waals surface area contributed by atoms with Crippen LogP contribution >= 0.6 is 11.3 Å². The number of ether oxygens (including phenoxy) is 8. The lowest BCUT2D eigenvalue weighted by molar-refractivity contribution is -0.316. The van der Waals surface area contributed by atoms with Gasteiger partial charge < -0.3 is 42.8 Å². The van der Waals surface area contributed by atoms with Crippen LogP contribution in [-0.4, -0.2) is 124 Å². The van der Waals surface area contributed by atoms with Gasteiger partial charge in [0.1, 0.15) is 24.4 Å². The van der Waals surface area contributed by atoms with Gasteiger partial charge >= 0.3 is 5.97 Å². The molecule has 1 aromatic rings. The van der Waals surface area contributed by atoms with Crippen molar-refractivity contribution in [2.45, 2.75) is 185 Å². The first-order valence-electron chi connectivity index (χ1n) is 22.1. The van der Waals surface area contributed by atoms with E-state index in [9.17, 15) is 4.79 Å². The third kappa shape index (κ3) is 8.64. The molecule has 4 heterocycles. The second kappa shape index (κ2) is 18.3. The molecule has 326 valence electrons. The van der Waals surface area contributed by atoms with E-state index in [0.717, 1.165) is 61.2 Å². The predicted molar refractivity (Wildman–Crippen MR) is 220 cm³/mol. The van der Waals surface area contributed by atoms with Gasteiger partial charge in [-0.2, -0.15) is 0 Å². The number of rotatable bonds is 10. The summed E-state index contributed by atoms with van der Waals surface area (Å²) in [5.74, 6) is -1.43. The number of aryl methyl sites for hydroxylation is 1. The van der Waals surface area contributed by atoms with Crippen molar-refractivity contribution in [3.63, 3.8) is 0 Å². The molecular formula is C45H70N2O10S. The Morgan fingerprint density at radius 3 is 2.41 bits per heavy atom. The zero-order chi connectivity index (χ0) is 41.6. The number of allylic oxidation sites excluding steroid dienone is 2. The van der Waals surface area contributed by atoms with Gasteiger partial charge in [0.25, 0.3) is 0 Å². The average Bonchev–Trinajstić information content (AvgIpc) is 3.87. The first-order chi connectivity index (χ1) is 27.7. The number of nitrogens with zero attached hydrogens (tertiary/aromatic N) is 2. The Morgan fingerprint density at radius 2 is 1.74 bits per heavy atom. The highest BCUT2D eigenvalue weighted by molar-refractivity contribution is 7.11. The number of fused-ring (bicyclic) bond motifs is 8. The van der Waals surface area contributed by atoms with Gasteiger partial charge in [-0.25, -0.2) is 4.98 Å². The van der Waals surface area contributed by atoms with E-state index in [-0.39, 0.29) is 90.5 Å². The summed E-state index contributed by atoms with van der Waals surface area (Å²) in [5, 5.41) is 0.998. The highest BCUT2D eigenvalue weighted by Gasteiger charge is 2.57. The normalized spacial score (nSPS) is 43.4. The van der Waals surface area contributed by atoms with Gasteiger partial charge in [0, 0.05) is 61.8 Å². The molecule has 0 radical (unpaired) electrons. The highest BCUT2D eigenvalue weighted by atomic mass is 32.1. The molecule has 17 atom stereocenters. The molecule has 1 saturated carbocycles. The maximum Gasteiger partial charge on any atom is 0.306 e. The fraction of sp³-hybridized carbons (Fsp3) is 0.844. The Bertz CT molecular complexity index is 1640. The maximum atomic E-state index is 15.1. The van der Waals surface area contributed by atoms with Gasteiger partial charge in [-0.05, 0) is 111 Å². The lowest BCUT2D eigenvalue weighted by Gasteiger charge is -2.45. The van der Waals surface area contributed by atoms with Crippen molar-refractivity contribution in [3.05, 3.63) is 27.2 Å². The summed E-state index contributed by atoms with van der Waals surface area (Å²) in [5.41, 5.74) is 1.77. The average molecular weight is 831 g/mol. The van der Waals surface area contributed by atoms with Crippen LogP contribution in [0.15, 0.2) is 11.6 Å². The van der Waals surface area contributed by atoms with Crippen LogP contribution in [0.5, 0.6) is 0 Å². The van der Waals surface area contributed by atoms with Crippen molar-refractivity contribution in [3.8, 4) is 0 Å². The van der Waals surface area contributed by atoms with Gasteiger partial charge in [-0.3, -0.25) is 9.59 Å². The number of likely N-dealkylation sites (N-methyl/N-ethyl adjacent to an activating group) is 1. The number of carbonyl (C=O) groups is 2. The lowest BCUT2D eigenvalue weighted by atomic mass is 9.67. The van der Waals surface area contributed by atoms with Gasteiger partial charge in [0.05, 0.1) is 41.5 Å². The van der Waals surface area contributed by atoms with Gasteiger partial charge in [0.2, 0.25) is 0 Å². The Labute approximate surface area is 350 Å². The standard InChI is InChI=1S/C45H70N2O10S/c1-12-27-15-14-16-35(57-45(7)18-17-34(47(8)9)24(4)56-45)23(3)39(49)32-21-30-29-19-28(55-44-42(51-11)41(52-13-2)40(50-10)25(5)53-44)20-33(29)43-38(46-26(6)58-43)37(30)31(32)22-36(48)54-27/h21,23-25,27-31,33-35,37,40-42,44H,12-20,22H2,1-11H3/t23-,24?,25?,27+,28+,29+,30+,31-,33-,34+,35+,37-,40+,41?,42?,44+,45-/m1/s1. The quantitative estimate of drug-likeness (QED) is 0.223. The molecule has 6 aliphatic rings. The summed E-state index contributed by atoms with van der Waals surface area (Å²) < 4.78 is 51.1. The van der Waals surface area contributed by atoms with Crippen LogP contribution < -0.4 is 0 Å². The SMILES string of the molecule is CCOC1C(OC)[C@H](O[C@H]2C[C@H]3[C@@H]4C=C5C(=O)[C@H](C)[C@@H](O[C@]6(C)CC[C@H](N(C)C)C(C)O6)CCC[C@H](CC)OC(=O)C[C@H]5[C@@H]4c4nc(C)sc4[C@@H]3C2)OC(C)[C@@H]1OC. The fourth-order valence-electron chi connectivity index (χ4n) is 11.6. The number of esters is 1. The smallest absolute Gasteiger partial charge is 0.306 e. The van der Waals surface area contributed by atoms with E-state index >= 15 is 4.79 Å². The second-order valence-corrected chi connectivity index (χ2v) is 19.6. The number of hydrogen-bond acceptors (Lipinski definition) is 13. The van der Waals surface area contributed by atoms with Crippen LogP contribution in [-0.2, 0) is 47.5 Å². The molecule has 1 aromatic heterocycles. The summed E-state index contributed by atoms with van der Waals surface area (Å²) in [4.78, 5) is 37.7. The molecule has 0 bridgehead atoms. The monoisotopic (exact) mass is 830 g/mol. The van der Waals surface area contributed by atoms with E-state index < -0.39 is 24.1 Å². The minimum atomic E-state index is -0.801. The molecule has 3 aliphatic carbocycles. The zero-order valence-corrected chi connectivity index (χ0v) is 37.6. The molecule has 4 unspecified atom stereocenters. The van der Waals surface area contributed by atoms with E-state index in [1.54, 1.807) is 25.6 Å². The summed E-state index contributed by atoms with van der Waals surface area (Å²) >= 11 is 1.75. The van der Waals surface area contributed by atoms with E-state index in [2.05, 4.69) is 45.8 Å². The maximum absolute atomic E-state index is 15.1. The van der Waals surface area contributed by atoms with Crippen LogP contribution in [0, 0.1) is 30.6 Å². The number of Topliss-reactive ketones (excluding diaryl/α,β-unsaturated/α-hetero) is 1. The molecular weight excluding hydrogens is 761 g/mol. The Balaban J connectivity index is 1.19. The van der Waals surface area contributed by atoms with Gasteiger partial charge in [-0.15, -0.1) is 11.3 Å². The number of cyclic esters (lactones) is 1. The van der Waals surface area contributed by atoms with Crippen LogP contribution in [0.25, 0.3) is 0 Å². The van der Waals surface area contributed by atoms with Crippen LogP contribution in [0.4, 0.5) is 0 Å². The van der Waals surface area contributed by atoms with Crippen molar-refractivity contribution in [2.24, 2.45) is 23.7 Å². The molecule has 7 rings (SSSR count). The number of thiazole rings is 1. The fourth-order valence-corrected chi connectivity index (χ4v) is 12.8. The molecule has 4 fully saturated rings. The molecule has 0 aromatic carbocycles. The molecule has 12 nitrogen and oxygen atoms in total. The number of methoxy groups -OCH3 is 2. The third-order valence-corrected chi connectivity index (χ3v) is 15.5. The van der Waals surface area contributed by atoms with Crippen LogP contribution in [0.2, 0.25) is 0 Å². The van der Waals surface area contributed by atoms with Crippen molar-refractivity contribution in [1.29, 1.82) is 0 Å². The van der Waals surface area contributed by atoms with E-state index in [1.807, 2.05) is 27.7 Å². The zero-order valence-electron chi connectivity index (χ0n) is 36.8. The third-order valence-electron chi connectivity index (χ3n) is 14.4. The van der Waals surface area contributed by atoms with Crippen molar-refractivity contribution in [2.75, 3.05) is 34.9 Å². The summed E-state index contributed by atoms with van der Waals surface area (Å²) in [6.45, 7) is 14.8.